The Morgan fingerprint density at radius 2 is 1.85 bits per heavy atom. The fourth-order valence-corrected chi connectivity index (χ4v) is 4.32. The lowest BCUT2D eigenvalue weighted by atomic mass is 9.75. The van der Waals surface area contributed by atoms with Gasteiger partial charge in [-0.05, 0) is 68.4 Å². The Hall–Kier alpha value is -1.84. The summed E-state index contributed by atoms with van der Waals surface area (Å²) in [5, 5.41) is 2.43. The summed E-state index contributed by atoms with van der Waals surface area (Å²) in [7, 11) is 1.71. The van der Waals surface area contributed by atoms with E-state index in [-0.39, 0.29) is 5.60 Å². The summed E-state index contributed by atoms with van der Waals surface area (Å²) in [6, 6.07) is 19.5. The molecular formula is C24H34NO2+. The van der Waals surface area contributed by atoms with Gasteiger partial charge in [0.25, 0.3) is 0 Å². The Labute approximate surface area is 164 Å². The van der Waals surface area contributed by atoms with Gasteiger partial charge in [0.2, 0.25) is 0 Å². The molecule has 27 heavy (non-hydrogen) atoms. The average molecular weight is 369 g/mol. The highest BCUT2D eigenvalue weighted by Crippen LogP contribution is 2.39. The van der Waals surface area contributed by atoms with Gasteiger partial charge in [0.1, 0.15) is 12.3 Å². The molecule has 0 radical (unpaired) electrons. The molecule has 0 spiro atoms. The molecule has 2 aromatic carbocycles. The fraction of sp³-hybridized carbons (Fsp3) is 0.500. The zero-order valence-electron chi connectivity index (χ0n) is 17.0. The standard InChI is InChI=1S/C24H33NO2/c1-24(2)17-21(14-16-27-24)23(20-7-5-4-6-8-20)13-15-25-18-19-9-11-22(26-3)12-10-19/h4-12,21,23,25H,13-18H2,1-3H3/p+1/t21-,23-/m0/s1. The van der Waals surface area contributed by atoms with Gasteiger partial charge in [-0.3, -0.25) is 0 Å². The first kappa shape index (κ1) is 19.9. The lowest BCUT2D eigenvalue weighted by molar-refractivity contribution is -0.671. The molecule has 1 fully saturated rings. The second-order valence-electron chi connectivity index (χ2n) is 8.30. The number of hydrogen-bond donors (Lipinski definition) is 1. The summed E-state index contributed by atoms with van der Waals surface area (Å²) in [5.41, 5.74) is 2.83. The molecule has 1 aliphatic rings. The first-order valence-electron chi connectivity index (χ1n) is 10.2. The van der Waals surface area contributed by atoms with Crippen molar-refractivity contribution < 1.29 is 14.8 Å². The van der Waals surface area contributed by atoms with Crippen LogP contribution in [0.2, 0.25) is 0 Å². The molecule has 1 saturated heterocycles. The molecule has 1 aliphatic heterocycles. The van der Waals surface area contributed by atoms with Crippen molar-refractivity contribution in [2.24, 2.45) is 5.92 Å². The van der Waals surface area contributed by atoms with E-state index in [2.05, 4.69) is 61.6 Å². The highest BCUT2D eigenvalue weighted by Gasteiger charge is 2.34. The van der Waals surface area contributed by atoms with Crippen molar-refractivity contribution in [3.8, 4) is 5.75 Å². The van der Waals surface area contributed by atoms with E-state index in [0.29, 0.717) is 11.8 Å². The van der Waals surface area contributed by atoms with Crippen LogP contribution < -0.4 is 10.1 Å². The van der Waals surface area contributed by atoms with Crippen LogP contribution in [-0.2, 0) is 11.3 Å². The predicted octanol–water partition coefficient (Wildman–Crippen LogP) is 4.14. The number of benzene rings is 2. The van der Waals surface area contributed by atoms with E-state index in [1.165, 1.54) is 24.0 Å². The molecule has 2 N–H and O–H groups in total. The molecular weight excluding hydrogens is 334 g/mol. The quantitative estimate of drug-likeness (QED) is 0.711. The van der Waals surface area contributed by atoms with Gasteiger partial charge in [0.05, 0.1) is 19.3 Å². The fourth-order valence-electron chi connectivity index (χ4n) is 4.32. The minimum Gasteiger partial charge on any atom is -0.497 e. The van der Waals surface area contributed by atoms with Gasteiger partial charge in [-0.15, -0.1) is 0 Å². The van der Waals surface area contributed by atoms with Crippen LogP contribution in [0.15, 0.2) is 54.6 Å². The van der Waals surface area contributed by atoms with E-state index in [9.17, 15) is 0 Å². The Kier molecular flexibility index (Phi) is 6.92. The molecule has 0 aromatic heterocycles. The number of nitrogens with two attached hydrogens (primary N) is 1. The van der Waals surface area contributed by atoms with Crippen LogP contribution in [0.3, 0.4) is 0 Å². The number of quaternary nitrogens is 1. The third kappa shape index (κ3) is 5.82. The maximum Gasteiger partial charge on any atom is 0.118 e. The summed E-state index contributed by atoms with van der Waals surface area (Å²) >= 11 is 0. The van der Waals surface area contributed by atoms with Crippen molar-refractivity contribution in [2.45, 2.75) is 51.2 Å². The maximum atomic E-state index is 5.97. The number of ether oxygens (including phenoxy) is 2. The van der Waals surface area contributed by atoms with E-state index in [1.807, 2.05) is 12.1 Å². The molecule has 0 saturated carbocycles. The third-order valence-corrected chi connectivity index (χ3v) is 5.75. The molecule has 146 valence electrons. The molecule has 2 atom stereocenters. The average Bonchev–Trinajstić information content (AvgIpc) is 2.68. The minimum atomic E-state index is 0.00273. The van der Waals surface area contributed by atoms with Gasteiger partial charge in [-0.25, -0.2) is 0 Å². The van der Waals surface area contributed by atoms with Crippen LogP contribution in [0.5, 0.6) is 5.75 Å². The van der Waals surface area contributed by atoms with Crippen molar-refractivity contribution >= 4 is 0 Å². The lowest BCUT2D eigenvalue weighted by Gasteiger charge is -2.39. The summed E-state index contributed by atoms with van der Waals surface area (Å²) in [6.07, 6.45) is 3.52. The van der Waals surface area contributed by atoms with E-state index < -0.39 is 0 Å². The molecule has 1 heterocycles. The Morgan fingerprint density at radius 1 is 1.11 bits per heavy atom. The van der Waals surface area contributed by atoms with Gasteiger partial charge in [0.15, 0.2) is 0 Å². The van der Waals surface area contributed by atoms with Crippen LogP contribution in [0.4, 0.5) is 0 Å². The molecule has 0 aliphatic carbocycles. The van der Waals surface area contributed by atoms with Gasteiger partial charge in [0, 0.05) is 18.6 Å². The van der Waals surface area contributed by atoms with E-state index >= 15 is 0 Å². The van der Waals surface area contributed by atoms with Gasteiger partial charge < -0.3 is 14.8 Å². The van der Waals surface area contributed by atoms with Crippen molar-refractivity contribution in [1.29, 1.82) is 0 Å². The maximum absolute atomic E-state index is 5.97. The van der Waals surface area contributed by atoms with Crippen LogP contribution in [0.1, 0.15) is 50.2 Å². The van der Waals surface area contributed by atoms with E-state index in [4.69, 9.17) is 9.47 Å². The smallest absolute Gasteiger partial charge is 0.118 e. The molecule has 3 heteroatoms. The number of hydrogen-bond acceptors (Lipinski definition) is 2. The molecule has 0 bridgehead atoms. The van der Waals surface area contributed by atoms with E-state index in [1.54, 1.807) is 7.11 Å². The normalized spacial score (nSPS) is 20.2. The summed E-state index contributed by atoms with van der Waals surface area (Å²) in [5.74, 6) is 2.23. The third-order valence-electron chi connectivity index (χ3n) is 5.75. The van der Waals surface area contributed by atoms with Crippen molar-refractivity contribution in [3.05, 3.63) is 65.7 Å². The number of rotatable bonds is 8. The Balaban J connectivity index is 1.58. The first-order chi connectivity index (χ1) is 13.1. The van der Waals surface area contributed by atoms with Crippen LogP contribution >= 0.6 is 0 Å². The molecule has 3 rings (SSSR count). The molecule has 0 unspecified atom stereocenters. The largest absolute Gasteiger partial charge is 0.497 e. The van der Waals surface area contributed by atoms with Crippen LogP contribution in [0.25, 0.3) is 0 Å². The highest BCUT2D eigenvalue weighted by molar-refractivity contribution is 5.26. The monoisotopic (exact) mass is 368 g/mol. The molecule has 3 nitrogen and oxygen atoms in total. The van der Waals surface area contributed by atoms with Gasteiger partial charge in [-0.1, -0.05) is 30.3 Å². The van der Waals surface area contributed by atoms with Crippen molar-refractivity contribution in [1.82, 2.24) is 0 Å². The SMILES string of the molecule is COc1ccc(C[NH2+]CC[C@@H](c2ccccc2)[C@H]2CCOC(C)(C)C2)cc1. The summed E-state index contributed by atoms with van der Waals surface area (Å²) < 4.78 is 11.2. The van der Waals surface area contributed by atoms with Crippen molar-refractivity contribution in [2.75, 3.05) is 20.3 Å². The van der Waals surface area contributed by atoms with Crippen LogP contribution in [0, 0.1) is 5.92 Å². The van der Waals surface area contributed by atoms with Crippen LogP contribution in [-0.4, -0.2) is 25.9 Å². The first-order valence-corrected chi connectivity index (χ1v) is 10.2. The second kappa shape index (κ2) is 9.38. The minimum absolute atomic E-state index is 0.00273. The lowest BCUT2D eigenvalue weighted by Crippen LogP contribution is -2.82. The predicted molar refractivity (Wildman–Crippen MR) is 110 cm³/mol. The number of methoxy groups -OCH3 is 1. The topological polar surface area (TPSA) is 35.1 Å². The zero-order valence-corrected chi connectivity index (χ0v) is 17.0. The highest BCUT2D eigenvalue weighted by atomic mass is 16.5. The second-order valence-corrected chi connectivity index (χ2v) is 8.30. The summed E-state index contributed by atoms with van der Waals surface area (Å²) in [6.45, 7) is 7.51. The Morgan fingerprint density at radius 3 is 2.52 bits per heavy atom. The zero-order chi connectivity index (χ0) is 19.1. The summed E-state index contributed by atoms with van der Waals surface area (Å²) in [4.78, 5) is 0. The Bertz CT molecular complexity index is 681. The molecule has 2 aromatic rings. The molecule has 0 amide bonds. The van der Waals surface area contributed by atoms with Gasteiger partial charge >= 0.3 is 0 Å². The van der Waals surface area contributed by atoms with E-state index in [0.717, 1.165) is 31.9 Å². The van der Waals surface area contributed by atoms with Crippen molar-refractivity contribution in [3.63, 3.8) is 0 Å². The van der Waals surface area contributed by atoms with Gasteiger partial charge in [-0.2, -0.15) is 0 Å².